The number of hydrogen-bond donors (Lipinski definition) is 2. The first-order valence-electron chi connectivity index (χ1n) is 7.64. The van der Waals surface area contributed by atoms with E-state index >= 15 is 0 Å². The van der Waals surface area contributed by atoms with Crippen LogP contribution in [0, 0.1) is 5.92 Å². The lowest BCUT2D eigenvalue weighted by atomic mass is 10.1. The number of carboxylic acids is 1. The molecule has 1 heterocycles. The minimum atomic E-state index is -1.12. The minimum absolute atomic E-state index is 0.278. The SMILES string of the molecule is CC(C)[C@H](NC(=O)Cn1nc(-c2ccc(Br)cc2)ccc1=O)C(=O)O. The molecule has 2 aromatic rings. The van der Waals surface area contributed by atoms with Gasteiger partial charge in [-0.05, 0) is 24.1 Å². The number of amides is 1. The van der Waals surface area contributed by atoms with E-state index in [1.165, 1.54) is 6.07 Å². The Labute approximate surface area is 152 Å². The first-order valence-corrected chi connectivity index (χ1v) is 8.43. The molecule has 1 amide bonds. The minimum Gasteiger partial charge on any atom is -0.480 e. The van der Waals surface area contributed by atoms with Crippen molar-refractivity contribution in [2.45, 2.75) is 26.4 Å². The number of hydrogen-bond acceptors (Lipinski definition) is 4. The molecule has 8 heteroatoms. The molecular formula is C17H18BrN3O4. The van der Waals surface area contributed by atoms with E-state index in [1.807, 2.05) is 24.3 Å². The fraction of sp³-hybridized carbons (Fsp3) is 0.294. The standard InChI is InChI=1S/C17H18BrN3O4/c1-10(2)16(17(24)25)19-14(22)9-21-15(23)8-7-13(20-21)11-3-5-12(18)6-4-11/h3-8,10,16H,9H2,1-2H3,(H,19,22)(H,24,25)/t16-/m0/s1. The van der Waals surface area contributed by atoms with Gasteiger partial charge in [0.25, 0.3) is 5.56 Å². The Morgan fingerprint density at radius 1 is 1.20 bits per heavy atom. The highest BCUT2D eigenvalue weighted by molar-refractivity contribution is 9.10. The predicted molar refractivity (Wildman–Crippen MR) is 96.0 cm³/mol. The Bertz CT molecular complexity index is 831. The van der Waals surface area contributed by atoms with Crippen molar-refractivity contribution in [2.24, 2.45) is 5.92 Å². The molecule has 1 atom stereocenters. The molecule has 0 aliphatic rings. The van der Waals surface area contributed by atoms with Crippen molar-refractivity contribution in [1.82, 2.24) is 15.1 Å². The number of benzene rings is 1. The highest BCUT2D eigenvalue weighted by atomic mass is 79.9. The zero-order valence-electron chi connectivity index (χ0n) is 13.8. The summed E-state index contributed by atoms with van der Waals surface area (Å²) in [7, 11) is 0. The molecule has 0 radical (unpaired) electrons. The Hall–Kier alpha value is -2.48. The van der Waals surface area contributed by atoms with Crippen molar-refractivity contribution < 1.29 is 14.7 Å². The van der Waals surface area contributed by atoms with Crippen molar-refractivity contribution in [1.29, 1.82) is 0 Å². The smallest absolute Gasteiger partial charge is 0.326 e. The number of carbonyl (C=O) groups is 2. The molecule has 2 rings (SSSR count). The van der Waals surface area contributed by atoms with Crippen molar-refractivity contribution >= 4 is 27.8 Å². The fourth-order valence-electron chi connectivity index (χ4n) is 2.21. The molecule has 0 spiro atoms. The van der Waals surface area contributed by atoms with Gasteiger partial charge in [0.1, 0.15) is 12.6 Å². The third-order valence-electron chi connectivity index (χ3n) is 3.55. The molecule has 0 saturated carbocycles. The van der Waals surface area contributed by atoms with Gasteiger partial charge in [0.05, 0.1) is 5.69 Å². The summed E-state index contributed by atoms with van der Waals surface area (Å²) in [5.74, 6) is -1.98. The number of nitrogens with one attached hydrogen (secondary N) is 1. The van der Waals surface area contributed by atoms with Gasteiger partial charge in [0.15, 0.2) is 0 Å². The van der Waals surface area contributed by atoms with E-state index in [0.29, 0.717) is 5.69 Å². The maximum atomic E-state index is 12.1. The lowest BCUT2D eigenvalue weighted by molar-refractivity contribution is -0.143. The quantitative estimate of drug-likeness (QED) is 0.761. The van der Waals surface area contributed by atoms with Gasteiger partial charge in [0, 0.05) is 16.1 Å². The molecule has 7 nitrogen and oxygen atoms in total. The van der Waals surface area contributed by atoms with Crippen LogP contribution >= 0.6 is 15.9 Å². The molecule has 0 unspecified atom stereocenters. The number of aliphatic carboxylic acids is 1. The summed E-state index contributed by atoms with van der Waals surface area (Å²) in [6, 6.07) is 9.25. The summed E-state index contributed by atoms with van der Waals surface area (Å²) >= 11 is 3.35. The Kier molecular flexibility index (Phi) is 6.08. The maximum Gasteiger partial charge on any atom is 0.326 e. The monoisotopic (exact) mass is 407 g/mol. The topological polar surface area (TPSA) is 101 Å². The normalized spacial score (nSPS) is 12.0. The molecule has 132 valence electrons. The van der Waals surface area contributed by atoms with Crippen LogP contribution in [0.15, 0.2) is 45.7 Å². The van der Waals surface area contributed by atoms with Gasteiger partial charge in [-0.15, -0.1) is 0 Å². The van der Waals surface area contributed by atoms with Crippen LogP contribution in [0.3, 0.4) is 0 Å². The number of carbonyl (C=O) groups excluding carboxylic acids is 1. The molecule has 1 aromatic heterocycles. The number of aromatic nitrogens is 2. The molecule has 2 N–H and O–H groups in total. The summed E-state index contributed by atoms with van der Waals surface area (Å²) < 4.78 is 1.93. The second kappa shape index (κ2) is 8.06. The number of rotatable bonds is 6. The van der Waals surface area contributed by atoms with Gasteiger partial charge in [-0.1, -0.05) is 41.9 Å². The van der Waals surface area contributed by atoms with E-state index in [2.05, 4.69) is 26.3 Å². The second-order valence-electron chi connectivity index (χ2n) is 5.85. The van der Waals surface area contributed by atoms with Crippen LogP contribution in [0.2, 0.25) is 0 Å². The van der Waals surface area contributed by atoms with E-state index < -0.39 is 23.5 Å². The number of halogens is 1. The zero-order valence-corrected chi connectivity index (χ0v) is 15.4. The largest absolute Gasteiger partial charge is 0.480 e. The van der Waals surface area contributed by atoms with Crippen LogP contribution in [0.25, 0.3) is 11.3 Å². The summed E-state index contributed by atoms with van der Waals surface area (Å²) in [5.41, 5.74) is 0.897. The second-order valence-corrected chi connectivity index (χ2v) is 6.76. The maximum absolute atomic E-state index is 12.1. The molecule has 1 aromatic carbocycles. The van der Waals surface area contributed by atoms with Crippen LogP contribution in [0.5, 0.6) is 0 Å². The Morgan fingerprint density at radius 2 is 1.84 bits per heavy atom. The predicted octanol–water partition coefficient (Wildman–Crippen LogP) is 1.90. The summed E-state index contributed by atoms with van der Waals surface area (Å²) in [4.78, 5) is 35.2. The van der Waals surface area contributed by atoms with E-state index in [4.69, 9.17) is 5.11 Å². The van der Waals surface area contributed by atoms with Crippen molar-refractivity contribution in [3.05, 3.63) is 51.2 Å². The highest BCUT2D eigenvalue weighted by Crippen LogP contribution is 2.18. The van der Waals surface area contributed by atoms with Crippen LogP contribution in [-0.2, 0) is 16.1 Å². The molecule has 0 aliphatic carbocycles. The fourth-order valence-corrected chi connectivity index (χ4v) is 2.47. The first-order chi connectivity index (χ1) is 11.8. The molecular weight excluding hydrogens is 390 g/mol. The zero-order chi connectivity index (χ0) is 18.6. The van der Waals surface area contributed by atoms with Gasteiger partial charge in [-0.3, -0.25) is 9.59 Å². The van der Waals surface area contributed by atoms with Crippen molar-refractivity contribution in [2.75, 3.05) is 0 Å². The molecule has 0 fully saturated rings. The summed E-state index contributed by atoms with van der Waals surface area (Å²) in [5, 5.41) is 15.7. The van der Waals surface area contributed by atoms with Gasteiger partial charge < -0.3 is 10.4 Å². The molecule has 0 saturated heterocycles. The van der Waals surface area contributed by atoms with Crippen molar-refractivity contribution in [3.63, 3.8) is 0 Å². The summed E-state index contributed by atoms with van der Waals surface area (Å²) in [6.07, 6.45) is 0. The number of nitrogens with zero attached hydrogens (tertiary/aromatic N) is 2. The van der Waals surface area contributed by atoms with Crippen LogP contribution < -0.4 is 10.9 Å². The van der Waals surface area contributed by atoms with Crippen LogP contribution in [-0.4, -0.2) is 32.8 Å². The van der Waals surface area contributed by atoms with Gasteiger partial charge >= 0.3 is 5.97 Å². The van der Waals surface area contributed by atoms with E-state index in [-0.39, 0.29) is 12.5 Å². The lowest BCUT2D eigenvalue weighted by Crippen LogP contribution is -2.46. The highest BCUT2D eigenvalue weighted by Gasteiger charge is 2.23. The average Bonchev–Trinajstić information content (AvgIpc) is 2.55. The van der Waals surface area contributed by atoms with Gasteiger partial charge in [0.2, 0.25) is 5.91 Å². The number of carboxylic acid groups (broad SMARTS) is 1. The third-order valence-corrected chi connectivity index (χ3v) is 4.08. The van der Waals surface area contributed by atoms with Gasteiger partial charge in [-0.2, -0.15) is 5.10 Å². The van der Waals surface area contributed by atoms with E-state index in [1.54, 1.807) is 19.9 Å². The van der Waals surface area contributed by atoms with Crippen molar-refractivity contribution in [3.8, 4) is 11.3 Å². The molecule has 0 aliphatic heterocycles. The lowest BCUT2D eigenvalue weighted by Gasteiger charge is -2.18. The van der Waals surface area contributed by atoms with Gasteiger partial charge in [-0.25, -0.2) is 9.48 Å². The van der Waals surface area contributed by atoms with Crippen LogP contribution in [0.4, 0.5) is 0 Å². The van der Waals surface area contributed by atoms with E-state index in [9.17, 15) is 14.4 Å². The Morgan fingerprint density at radius 3 is 2.40 bits per heavy atom. The Balaban J connectivity index is 2.20. The first kappa shape index (κ1) is 18.9. The third kappa shape index (κ3) is 4.99. The molecule has 0 bridgehead atoms. The summed E-state index contributed by atoms with van der Waals surface area (Å²) in [6.45, 7) is 3.04. The average molecular weight is 408 g/mol. The van der Waals surface area contributed by atoms with Crippen LogP contribution in [0.1, 0.15) is 13.8 Å². The van der Waals surface area contributed by atoms with E-state index in [0.717, 1.165) is 14.7 Å². The molecule has 25 heavy (non-hydrogen) atoms.